The number of nitrogens with one attached hydrogen (secondary N) is 1. The van der Waals surface area contributed by atoms with Crippen molar-refractivity contribution in [3.05, 3.63) is 34.9 Å². The van der Waals surface area contributed by atoms with Gasteiger partial charge in [0.25, 0.3) is 0 Å². The van der Waals surface area contributed by atoms with Crippen molar-refractivity contribution in [2.75, 3.05) is 6.54 Å². The van der Waals surface area contributed by atoms with Crippen molar-refractivity contribution in [1.29, 1.82) is 0 Å². The second-order valence-electron chi connectivity index (χ2n) is 5.36. The lowest BCUT2D eigenvalue weighted by molar-refractivity contribution is 0.372. The summed E-state index contributed by atoms with van der Waals surface area (Å²) in [5.74, 6) is 1.47. The molecule has 17 heavy (non-hydrogen) atoms. The highest BCUT2D eigenvalue weighted by Crippen LogP contribution is 2.12. The summed E-state index contributed by atoms with van der Waals surface area (Å²) in [7, 11) is 0. The topological polar surface area (TPSA) is 12.0 Å². The normalized spacial score (nSPS) is 14.9. The van der Waals surface area contributed by atoms with Crippen LogP contribution in [0.25, 0.3) is 0 Å². The maximum absolute atomic E-state index is 5.87. The fraction of sp³-hybridized carbons (Fsp3) is 0.600. The first kappa shape index (κ1) is 14.5. The Morgan fingerprint density at radius 3 is 2.18 bits per heavy atom. The van der Waals surface area contributed by atoms with Gasteiger partial charge in [0, 0.05) is 11.1 Å². The van der Waals surface area contributed by atoms with Crippen molar-refractivity contribution in [1.82, 2.24) is 5.32 Å². The van der Waals surface area contributed by atoms with E-state index < -0.39 is 0 Å². The molecule has 0 saturated carbocycles. The molecule has 96 valence electrons. The summed E-state index contributed by atoms with van der Waals surface area (Å²) in [4.78, 5) is 0. The molecule has 1 aromatic rings. The minimum absolute atomic E-state index is 0.511. The van der Waals surface area contributed by atoms with Gasteiger partial charge in [0.1, 0.15) is 0 Å². The molecule has 2 heteroatoms. The van der Waals surface area contributed by atoms with E-state index in [4.69, 9.17) is 11.6 Å². The lowest BCUT2D eigenvalue weighted by Crippen LogP contribution is -2.33. The lowest BCUT2D eigenvalue weighted by atomic mass is 9.97. The van der Waals surface area contributed by atoms with Gasteiger partial charge in [-0.05, 0) is 49.4 Å². The SMILES string of the molecule is CC(Cc1ccc(Cl)cc1)NCC(C)C(C)C. The van der Waals surface area contributed by atoms with Gasteiger partial charge in [-0.3, -0.25) is 0 Å². The molecule has 0 radical (unpaired) electrons. The molecule has 0 bridgehead atoms. The minimum atomic E-state index is 0.511. The molecule has 0 aliphatic heterocycles. The summed E-state index contributed by atoms with van der Waals surface area (Å²) < 4.78 is 0. The van der Waals surface area contributed by atoms with Gasteiger partial charge in [-0.15, -0.1) is 0 Å². The van der Waals surface area contributed by atoms with Crippen LogP contribution in [0, 0.1) is 11.8 Å². The van der Waals surface area contributed by atoms with Gasteiger partial charge in [-0.1, -0.05) is 44.5 Å². The summed E-state index contributed by atoms with van der Waals surface area (Å²) in [5.41, 5.74) is 1.34. The van der Waals surface area contributed by atoms with Crippen LogP contribution in [0.1, 0.15) is 33.3 Å². The number of rotatable bonds is 6. The highest BCUT2D eigenvalue weighted by molar-refractivity contribution is 6.30. The molecule has 0 aliphatic carbocycles. The Morgan fingerprint density at radius 1 is 1.06 bits per heavy atom. The minimum Gasteiger partial charge on any atom is -0.314 e. The molecule has 0 heterocycles. The van der Waals surface area contributed by atoms with Crippen molar-refractivity contribution < 1.29 is 0 Å². The average molecular weight is 254 g/mol. The van der Waals surface area contributed by atoms with Crippen LogP contribution in [0.4, 0.5) is 0 Å². The molecule has 1 nitrogen and oxygen atoms in total. The summed E-state index contributed by atoms with van der Waals surface area (Å²) >= 11 is 5.87. The first-order valence-electron chi connectivity index (χ1n) is 6.47. The van der Waals surface area contributed by atoms with Crippen molar-refractivity contribution >= 4 is 11.6 Å². The molecule has 1 N–H and O–H groups in total. The van der Waals surface area contributed by atoms with E-state index in [2.05, 4.69) is 45.1 Å². The zero-order valence-electron chi connectivity index (χ0n) is 11.3. The summed E-state index contributed by atoms with van der Waals surface area (Å²) in [5, 5.41) is 4.40. The Morgan fingerprint density at radius 2 is 1.65 bits per heavy atom. The van der Waals surface area contributed by atoms with E-state index in [1.165, 1.54) is 5.56 Å². The zero-order valence-corrected chi connectivity index (χ0v) is 12.1. The predicted octanol–water partition coefficient (Wildman–Crippen LogP) is 4.15. The smallest absolute Gasteiger partial charge is 0.0406 e. The van der Waals surface area contributed by atoms with Gasteiger partial charge in [-0.25, -0.2) is 0 Å². The first-order chi connectivity index (χ1) is 7.99. The van der Waals surface area contributed by atoms with Crippen molar-refractivity contribution in [3.8, 4) is 0 Å². The molecule has 0 spiro atoms. The van der Waals surface area contributed by atoms with Crippen LogP contribution in [0.5, 0.6) is 0 Å². The first-order valence-corrected chi connectivity index (χ1v) is 6.84. The van der Waals surface area contributed by atoms with E-state index >= 15 is 0 Å². The largest absolute Gasteiger partial charge is 0.314 e. The van der Waals surface area contributed by atoms with Gasteiger partial charge in [-0.2, -0.15) is 0 Å². The maximum atomic E-state index is 5.87. The Hall–Kier alpha value is -0.530. The molecule has 1 rings (SSSR count). The molecule has 0 aromatic heterocycles. The number of halogens is 1. The molecule has 2 unspecified atom stereocenters. The Kier molecular flexibility index (Phi) is 6.01. The molecular weight excluding hydrogens is 230 g/mol. The van der Waals surface area contributed by atoms with Crippen molar-refractivity contribution in [2.24, 2.45) is 11.8 Å². The van der Waals surface area contributed by atoms with Gasteiger partial charge in [0.05, 0.1) is 0 Å². The Bertz CT molecular complexity index is 318. The number of hydrogen-bond donors (Lipinski definition) is 1. The van der Waals surface area contributed by atoms with E-state index in [0.717, 1.165) is 29.8 Å². The van der Waals surface area contributed by atoms with Crippen molar-refractivity contribution in [2.45, 2.75) is 40.2 Å². The standard InChI is InChI=1S/C15H24ClN/c1-11(2)12(3)10-17-13(4)9-14-5-7-15(16)8-6-14/h5-8,11-13,17H,9-10H2,1-4H3. The summed E-state index contributed by atoms with van der Waals surface area (Å²) in [6.45, 7) is 10.2. The summed E-state index contributed by atoms with van der Waals surface area (Å²) in [6.07, 6.45) is 1.06. The second-order valence-corrected chi connectivity index (χ2v) is 5.80. The third kappa shape index (κ3) is 5.56. The third-order valence-electron chi connectivity index (χ3n) is 3.38. The second kappa shape index (κ2) is 7.03. The molecule has 0 amide bonds. The van der Waals surface area contributed by atoms with Crippen LogP contribution in [-0.4, -0.2) is 12.6 Å². The molecular formula is C15H24ClN. The van der Waals surface area contributed by atoms with Crippen LogP contribution < -0.4 is 5.32 Å². The number of hydrogen-bond acceptors (Lipinski definition) is 1. The van der Waals surface area contributed by atoms with Gasteiger partial charge in [0.15, 0.2) is 0 Å². The van der Waals surface area contributed by atoms with Gasteiger partial charge >= 0.3 is 0 Å². The quantitative estimate of drug-likeness (QED) is 0.803. The Balaban J connectivity index is 2.34. The third-order valence-corrected chi connectivity index (χ3v) is 3.63. The lowest BCUT2D eigenvalue weighted by Gasteiger charge is -2.20. The van der Waals surface area contributed by atoms with Crippen LogP contribution in [-0.2, 0) is 6.42 Å². The molecule has 0 aliphatic rings. The van der Waals surface area contributed by atoms with E-state index in [-0.39, 0.29) is 0 Å². The monoisotopic (exact) mass is 253 g/mol. The van der Waals surface area contributed by atoms with Gasteiger partial charge < -0.3 is 5.32 Å². The molecule has 0 fully saturated rings. The highest BCUT2D eigenvalue weighted by atomic mass is 35.5. The maximum Gasteiger partial charge on any atom is 0.0406 e. The van der Waals surface area contributed by atoms with Crippen molar-refractivity contribution in [3.63, 3.8) is 0 Å². The van der Waals surface area contributed by atoms with Crippen LogP contribution >= 0.6 is 11.6 Å². The zero-order chi connectivity index (χ0) is 12.8. The van der Waals surface area contributed by atoms with E-state index in [1.54, 1.807) is 0 Å². The average Bonchev–Trinajstić information content (AvgIpc) is 2.29. The van der Waals surface area contributed by atoms with E-state index in [1.807, 2.05) is 12.1 Å². The Labute approximate surface area is 111 Å². The van der Waals surface area contributed by atoms with Crippen LogP contribution in [0.15, 0.2) is 24.3 Å². The number of benzene rings is 1. The van der Waals surface area contributed by atoms with E-state index in [0.29, 0.717) is 6.04 Å². The molecule has 2 atom stereocenters. The fourth-order valence-corrected chi connectivity index (χ4v) is 1.79. The molecule has 0 saturated heterocycles. The highest BCUT2D eigenvalue weighted by Gasteiger charge is 2.09. The molecule has 1 aromatic carbocycles. The van der Waals surface area contributed by atoms with Crippen LogP contribution in [0.3, 0.4) is 0 Å². The van der Waals surface area contributed by atoms with Gasteiger partial charge in [0.2, 0.25) is 0 Å². The summed E-state index contributed by atoms with van der Waals surface area (Å²) in [6, 6.07) is 8.64. The fourth-order valence-electron chi connectivity index (χ4n) is 1.67. The van der Waals surface area contributed by atoms with E-state index in [9.17, 15) is 0 Å². The predicted molar refractivity (Wildman–Crippen MR) is 76.6 cm³/mol. The van der Waals surface area contributed by atoms with Crippen LogP contribution in [0.2, 0.25) is 5.02 Å².